The average molecular weight is 391 g/mol. The summed E-state index contributed by atoms with van der Waals surface area (Å²) in [7, 11) is 3.38. The van der Waals surface area contributed by atoms with Crippen LogP contribution < -0.4 is 15.4 Å². The fourth-order valence-corrected chi connectivity index (χ4v) is 3.31. The number of guanidine groups is 1. The summed E-state index contributed by atoms with van der Waals surface area (Å²) in [5.74, 6) is 1.13. The number of carbonyl (C=O) groups excluding carboxylic acids is 1. The molecule has 1 heterocycles. The molecule has 2 N–H and O–H groups in total. The van der Waals surface area contributed by atoms with Crippen LogP contribution in [-0.4, -0.2) is 62.8 Å². The van der Waals surface area contributed by atoms with Crippen LogP contribution in [0.25, 0.3) is 0 Å². The van der Waals surface area contributed by atoms with Crippen molar-refractivity contribution in [2.24, 2.45) is 4.99 Å². The minimum atomic E-state index is -0.497. The van der Waals surface area contributed by atoms with E-state index in [0.717, 1.165) is 18.8 Å². The first-order valence-electron chi connectivity index (χ1n) is 9.87. The van der Waals surface area contributed by atoms with Gasteiger partial charge < -0.3 is 20.1 Å². The summed E-state index contributed by atoms with van der Waals surface area (Å²) in [6.45, 7) is 8.47. The van der Waals surface area contributed by atoms with Gasteiger partial charge in [0.2, 0.25) is 0 Å². The predicted octanol–water partition coefficient (Wildman–Crippen LogP) is 2.34. The Morgan fingerprint density at radius 2 is 1.96 bits per heavy atom. The van der Waals surface area contributed by atoms with E-state index in [4.69, 9.17) is 9.47 Å². The van der Waals surface area contributed by atoms with E-state index in [1.165, 1.54) is 18.4 Å². The molecule has 0 bridgehead atoms. The van der Waals surface area contributed by atoms with Crippen LogP contribution in [0.1, 0.15) is 45.2 Å². The second kappa shape index (κ2) is 10.3. The quantitative estimate of drug-likeness (QED) is 0.423. The van der Waals surface area contributed by atoms with Crippen molar-refractivity contribution in [1.29, 1.82) is 0 Å². The average Bonchev–Trinajstić information content (AvgIpc) is 3.17. The van der Waals surface area contributed by atoms with Gasteiger partial charge in [-0.1, -0.05) is 12.1 Å². The molecule has 28 heavy (non-hydrogen) atoms. The van der Waals surface area contributed by atoms with Gasteiger partial charge in [-0.05, 0) is 64.4 Å². The lowest BCUT2D eigenvalue weighted by molar-refractivity contribution is -0.153. The smallest absolute Gasteiger partial charge is 0.325 e. The molecule has 1 atom stereocenters. The van der Waals surface area contributed by atoms with Crippen LogP contribution in [-0.2, 0) is 9.53 Å². The zero-order chi connectivity index (χ0) is 20.6. The maximum atomic E-state index is 11.9. The summed E-state index contributed by atoms with van der Waals surface area (Å²) in [6, 6.07) is 8.40. The van der Waals surface area contributed by atoms with Crippen LogP contribution >= 0.6 is 0 Å². The molecular formula is C21H34N4O3. The predicted molar refractivity (Wildman–Crippen MR) is 112 cm³/mol. The van der Waals surface area contributed by atoms with Crippen molar-refractivity contribution in [2.45, 2.75) is 45.3 Å². The molecular weight excluding hydrogens is 356 g/mol. The van der Waals surface area contributed by atoms with Gasteiger partial charge in [0.05, 0.1) is 13.2 Å². The largest absolute Gasteiger partial charge is 0.497 e. The topological polar surface area (TPSA) is 75.2 Å². The lowest BCUT2D eigenvalue weighted by Crippen LogP contribution is -2.45. The summed E-state index contributed by atoms with van der Waals surface area (Å²) in [4.78, 5) is 18.6. The summed E-state index contributed by atoms with van der Waals surface area (Å²) in [5.41, 5.74) is 0.708. The van der Waals surface area contributed by atoms with Crippen molar-refractivity contribution in [1.82, 2.24) is 15.5 Å². The lowest BCUT2D eigenvalue weighted by Gasteiger charge is -2.29. The third kappa shape index (κ3) is 7.03. The molecule has 1 aromatic carbocycles. The number of carbonyl (C=O) groups is 1. The number of nitrogens with one attached hydrogen (secondary N) is 2. The Hall–Kier alpha value is -2.28. The zero-order valence-electron chi connectivity index (χ0n) is 17.7. The summed E-state index contributed by atoms with van der Waals surface area (Å²) >= 11 is 0. The van der Waals surface area contributed by atoms with Crippen molar-refractivity contribution in [3.8, 4) is 5.75 Å². The molecule has 2 rings (SSSR count). The normalized spacial score (nSPS) is 16.5. The Bertz CT molecular complexity index is 664. The second-order valence-electron chi connectivity index (χ2n) is 7.93. The van der Waals surface area contributed by atoms with Gasteiger partial charge in [0.25, 0.3) is 0 Å². The molecule has 1 aliphatic rings. The fourth-order valence-electron chi connectivity index (χ4n) is 3.31. The summed E-state index contributed by atoms with van der Waals surface area (Å²) in [6.07, 6.45) is 2.43. The Morgan fingerprint density at radius 3 is 2.57 bits per heavy atom. The number of aliphatic imine (C=N–C) groups is 1. The van der Waals surface area contributed by atoms with E-state index >= 15 is 0 Å². The van der Waals surface area contributed by atoms with Crippen LogP contribution in [0.4, 0.5) is 0 Å². The SMILES string of the molecule is CN=C(NCC(=O)OC(C)(C)C)NCC(c1cccc(OC)c1)N1CCCC1. The van der Waals surface area contributed by atoms with Crippen molar-refractivity contribution < 1.29 is 14.3 Å². The Balaban J connectivity index is 1.98. The Kier molecular flexibility index (Phi) is 8.11. The van der Waals surface area contributed by atoms with E-state index in [2.05, 4.69) is 32.7 Å². The number of benzene rings is 1. The monoisotopic (exact) mass is 390 g/mol. The number of likely N-dealkylation sites (tertiary alicyclic amines) is 1. The van der Waals surface area contributed by atoms with Crippen LogP contribution in [0.2, 0.25) is 0 Å². The molecule has 1 fully saturated rings. The number of esters is 1. The highest BCUT2D eigenvalue weighted by Gasteiger charge is 2.24. The van der Waals surface area contributed by atoms with Gasteiger partial charge in [0.15, 0.2) is 5.96 Å². The first kappa shape index (κ1) is 22.0. The molecule has 0 aromatic heterocycles. The molecule has 1 aromatic rings. The van der Waals surface area contributed by atoms with Crippen molar-refractivity contribution in [3.63, 3.8) is 0 Å². The second-order valence-corrected chi connectivity index (χ2v) is 7.93. The third-order valence-corrected chi connectivity index (χ3v) is 4.57. The van der Waals surface area contributed by atoms with Gasteiger partial charge in [-0.2, -0.15) is 0 Å². The first-order chi connectivity index (χ1) is 13.3. The highest BCUT2D eigenvalue weighted by atomic mass is 16.6. The maximum absolute atomic E-state index is 11.9. The molecule has 0 saturated carbocycles. The molecule has 156 valence electrons. The standard InChI is InChI=1S/C21H34N4O3/c1-21(2,3)28-19(26)15-24-20(22-4)23-14-18(25-11-6-7-12-25)16-9-8-10-17(13-16)27-5/h8-10,13,18H,6-7,11-12,14-15H2,1-5H3,(H2,22,23,24). The van der Waals surface area contributed by atoms with Crippen LogP contribution in [0, 0.1) is 0 Å². The molecule has 7 nitrogen and oxygen atoms in total. The van der Waals surface area contributed by atoms with Gasteiger partial charge in [0.1, 0.15) is 17.9 Å². The maximum Gasteiger partial charge on any atom is 0.325 e. The van der Waals surface area contributed by atoms with Crippen LogP contribution in [0.5, 0.6) is 5.75 Å². The van der Waals surface area contributed by atoms with E-state index in [-0.39, 0.29) is 18.6 Å². The van der Waals surface area contributed by atoms with Crippen molar-refractivity contribution in [2.75, 3.05) is 40.3 Å². The van der Waals surface area contributed by atoms with E-state index < -0.39 is 5.60 Å². The number of methoxy groups -OCH3 is 1. The number of ether oxygens (including phenoxy) is 2. The van der Waals surface area contributed by atoms with Crippen molar-refractivity contribution in [3.05, 3.63) is 29.8 Å². The number of hydrogen-bond acceptors (Lipinski definition) is 5. The van der Waals surface area contributed by atoms with Crippen LogP contribution in [0.3, 0.4) is 0 Å². The van der Waals surface area contributed by atoms with Gasteiger partial charge in [0, 0.05) is 13.6 Å². The molecule has 0 aliphatic carbocycles. The van der Waals surface area contributed by atoms with Crippen molar-refractivity contribution >= 4 is 11.9 Å². The number of rotatable bonds is 7. The minimum Gasteiger partial charge on any atom is -0.497 e. The van der Waals surface area contributed by atoms with Gasteiger partial charge in [-0.3, -0.25) is 14.7 Å². The molecule has 0 amide bonds. The minimum absolute atomic E-state index is 0.0739. The molecule has 1 saturated heterocycles. The molecule has 0 spiro atoms. The number of nitrogens with zero attached hydrogens (tertiary/aromatic N) is 2. The molecule has 0 radical (unpaired) electrons. The zero-order valence-corrected chi connectivity index (χ0v) is 17.7. The summed E-state index contributed by atoms with van der Waals surface area (Å²) in [5, 5.41) is 6.38. The number of hydrogen-bond donors (Lipinski definition) is 2. The van der Waals surface area contributed by atoms with E-state index in [9.17, 15) is 4.79 Å². The molecule has 7 heteroatoms. The van der Waals surface area contributed by atoms with E-state index in [1.807, 2.05) is 32.9 Å². The fraction of sp³-hybridized carbons (Fsp3) is 0.619. The van der Waals surface area contributed by atoms with E-state index in [1.54, 1.807) is 14.2 Å². The Morgan fingerprint density at radius 1 is 1.25 bits per heavy atom. The van der Waals surface area contributed by atoms with Gasteiger partial charge >= 0.3 is 5.97 Å². The highest BCUT2D eigenvalue weighted by Crippen LogP contribution is 2.27. The molecule has 1 unspecified atom stereocenters. The third-order valence-electron chi connectivity index (χ3n) is 4.57. The van der Waals surface area contributed by atoms with E-state index in [0.29, 0.717) is 12.5 Å². The summed E-state index contributed by atoms with van der Waals surface area (Å²) < 4.78 is 10.7. The Labute approximate surface area is 168 Å². The van der Waals surface area contributed by atoms with Crippen LogP contribution in [0.15, 0.2) is 29.3 Å². The highest BCUT2D eigenvalue weighted by molar-refractivity contribution is 5.84. The van der Waals surface area contributed by atoms with Gasteiger partial charge in [-0.25, -0.2) is 0 Å². The van der Waals surface area contributed by atoms with Gasteiger partial charge in [-0.15, -0.1) is 0 Å². The first-order valence-corrected chi connectivity index (χ1v) is 9.87. The molecule has 1 aliphatic heterocycles. The lowest BCUT2D eigenvalue weighted by atomic mass is 10.1.